The predicted octanol–water partition coefficient (Wildman–Crippen LogP) is 5.91. The first-order valence-corrected chi connectivity index (χ1v) is 13.9. The van der Waals surface area contributed by atoms with E-state index in [4.69, 9.17) is 4.74 Å². The molecule has 0 spiro atoms. The summed E-state index contributed by atoms with van der Waals surface area (Å²) in [6, 6.07) is 11.6. The molecule has 1 aliphatic carbocycles. The summed E-state index contributed by atoms with van der Waals surface area (Å²) in [4.78, 5) is 16.3. The van der Waals surface area contributed by atoms with Crippen LogP contribution in [0, 0.1) is 17.2 Å². The van der Waals surface area contributed by atoms with Crippen molar-refractivity contribution < 1.29 is 32.2 Å². The molecule has 1 saturated carbocycles. The van der Waals surface area contributed by atoms with Gasteiger partial charge in [0.1, 0.15) is 11.6 Å². The Morgan fingerprint density at radius 3 is 2.26 bits per heavy atom. The Balaban J connectivity index is 1.11. The van der Waals surface area contributed by atoms with E-state index in [2.05, 4.69) is 0 Å². The fraction of sp³-hybridized carbons (Fsp3) is 0.567. The second kappa shape index (κ2) is 11.5. The summed E-state index contributed by atoms with van der Waals surface area (Å²) in [5.74, 6) is -0.00770. The topological polar surface area (TPSA) is 53.0 Å². The van der Waals surface area contributed by atoms with Crippen molar-refractivity contribution in [3.05, 3.63) is 53.8 Å². The van der Waals surface area contributed by atoms with E-state index in [1.165, 1.54) is 12.1 Å². The predicted molar refractivity (Wildman–Crippen MR) is 140 cm³/mol. The van der Waals surface area contributed by atoms with Crippen molar-refractivity contribution in [1.82, 2.24) is 9.80 Å². The summed E-state index contributed by atoms with van der Waals surface area (Å²) in [6.45, 7) is 2.34. The lowest BCUT2D eigenvalue weighted by molar-refractivity contribution is -0.256. The van der Waals surface area contributed by atoms with E-state index >= 15 is 0 Å². The Hall–Kier alpha value is -2.65. The van der Waals surface area contributed by atoms with Crippen LogP contribution in [0.2, 0.25) is 0 Å². The fourth-order valence-electron chi connectivity index (χ4n) is 6.15. The van der Waals surface area contributed by atoms with Crippen LogP contribution in [0.1, 0.15) is 55.3 Å². The maximum absolute atomic E-state index is 14.9. The summed E-state index contributed by atoms with van der Waals surface area (Å²) in [6.07, 6.45) is 0.167. The highest BCUT2D eigenvalue weighted by Crippen LogP contribution is 2.53. The Labute approximate surface area is 226 Å². The number of rotatable bonds is 8. The SMILES string of the molecule is O=C(c1ccc(-c2ccc(OCC3CCN(CC4(C(F)(F)F)CCC4)CC3)cc2)cc1F)N1CCCC1CO. The quantitative estimate of drug-likeness (QED) is 0.417. The number of amides is 1. The second-order valence-electron chi connectivity index (χ2n) is 11.4. The number of alkyl halides is 3. The molecule has 5 rings (SSSR count). The number of likely N-dealkylation sites (tertiary alicyclic amines) is 2. The molecule has 2 aromatic rings. The van der Waals surface area contributed by atoms with E-state index in [0.717, 1.165) is 31.2 Å². The van der Waals surface area contributed by atoms with Crippen LogP contribution in [0.15, 0.2) is 42.5 Å². The highest BCUT2D eigenvalue weighted by Gasteiger charge is 2.58. The number of carbonyl (C=O) groups excluding carboxylic acids is 1. The van der Waals surface area contributed by atoms with Gasteiger partial charge in [-0.05, 0) is 92.9 Å². The number of aliphatic hydroxyl groups excluding tert-OH is 1. The second-order valence-corrected chi connectivity index (χ2v) is 11.4. The standard InChI is InChI=1S/C30H36F4N2O3/c31-27-17-23(6-9-26(27)28(38)36-14-1-3-24(36)18-37)22-4-7-25(8-5-22)39-19-21-10-15-35(16-11-21)20-29(12-2-13-29)30(32,33)34/h4-9,17,21,24,37H,1-3,10-16,18-20H2. The molecule has 5 nitrogen and oxygen atoms in total. The zero-order valence-corrected chi connectivity index (χ0v) is 22.1. The van der Waals surface area contributed by atoms with Crippen LogP contribution in [0.4, 0.5) is 17.6 Å². The van der Waals surface area contributed by atoms with E-state index in [9.17, 15) is 27.5 Å². The maximum Gasteiger partial charge on any atom is 0.395 e. The van der Waals surface area contributed by atoms with Crippen LogP contribution in [0.5, 0.6) is 5.75 Å². The number of aliphatic hydroxyl groups is 1. The van der Waals surface area contributed by atoms with Crippen molar-refractivity contribution in [3.63, 3.8) is 0 Å². The van der Waals surface area contributed by atoms with Gasteiger partial charge < -0.3 is 19.6 Å². The third-order valence-corrected chi connectivity index (χ3v) is 8.87. The van der Waals surface area contributed by atoms with Gasteiger partial charge in [-0.25, -0.2) is 4.39 Å². The molecule has 2 aliphatic heterocycles. The minimum atomic E-state index is -4.12. The molecule has 1 unspecified atom stereocenters. The molecule has 1 atom stereocenters. The number of ether oxygens (including phenoxy) is 1. The van der Waals surface area contributed by atoms with Gasteiger partial charge >= 0.3 is 6.18 Å². The largest absolute Gasteiger partial charge is 0.493 e. The molecule has 212 valence electrons. The minimum absolute atomic E-state index is 0.00589. The van der Waals surface area contributed by atoms with Gasteiger partial charge in [-0.1, -0.05) is 24.6 Å². The molecule has 2 heterocycles. The molecule has 3 aliphatic rings. The molecule has 0 bridgehead atoms. The molecule has 9 heteroatoms. The van der Waals surface area contributed by atoms with Gasteiger partial charge in [0.2, 0.25) is 0 Å². The van der Waals surface area contributed by atoms with Crippen LogP contribution in [-0.4, -0.2) is 72.4 Å². The Kier molecular flexibility index (Phi) is 8.19. The molecule has 2 aromatic carbocycles. The Morgan fingerprint density at radius 1 is 0.974 bits per heavy atom. The zero-order chi connectivity index (χ0) is 27.6. The van der Waals surface area contributed by atoms with Gasteiger partial charge in [0.15, 0.2) is 0 Å². The summed E-state index contributed by atoms with van der Waals surface area (Å²) < 4.78 is 61.3. The van der Waals surface area contributed by atoms with Gasteiger partial charge in [-0.2, -0.15) is 13.2 Å². The molecule has 1 amide bonds. The maximum atomic E-state index is 14.9. The Bertz CT molecular complexity index is 1140. The first kappa shape index (κ1) is 27.9. The Morgan fingerprint density at radius 2 is 1.67 bits per heavy atom. The highest BCUT2D eigenvalue weighted by atomic mass is 19.4. The molecule has 1 N–H and O–H groups in total. The van der Waals surface area contributed by atoms with Gasteiger partial charge in [-0.15, -0.1) is 0 Å². The van der Waals surface area contributed by atoms with E-state index in [1.54, 1.807) is 11.0 Å². The summed E-state index contributed by atoms with van der Waals surface area (Å²) >= 11 is 0. The molecule has 3 fully saturated rings. The van der Waals surface area contributed by atoms with E-state index in [-0.39, 0.29) is 37.6 Å². The van der Waals surface area contributed by atoms with Crippen molar-refractivity contribution in [2.24, 2.45) is 11.3 Å². The van der Waals surface area contributed by atoms with Crippen LogP contribution in [-0.2, 0) is 0 Å². The molecular formula is C30H36F4N2O3. The lowest BCUT2D eigenvalue weighted by Crippen LogP contribution is -2.53. The van der Waals surface area contributed by atoms with Gasteiger partial charge in [0.05, 0.1) is 30.2 Å². The van der Waals surface area contributed by atoms with Crippen molar-refractivity contribution in [1.29, 1.82) is 0 Å². The molecule has 0 radical (unpaired) electrons. The van der Waals surface area contributed by atoms with Crippen LogP contribution in [0.25, 0.3) is 11.1 Å². The number of halogens is 4. The first-order valence-electron chi connectivity index (χ1n) is 13.9. The van der Waals surface area contributed by atoms with Crippen LogP contribution in [0.3, 0.4) is 0 Å². The summed E-state index contributed by atoms with van der Waals surface area (Å²) in [7, 11) is 0. The minimum Gasteiger partial charge on any atom is -0.493 e. The van der Waals surface area contributed by atoms with Crippen molar-refractivity contribution in [3.8, 4) is 16.9 Å². The normalized spacial score (nSPS) is 22.1. The lowest BCUT2D eigenvalue weighted by Gasteiger charge is -2.47. The number of carbonyl (C=O) groups is 1. The fourth-order valence-corrected chi connectivity index (χ4v) is 6.15. The molecule has 0 aromatic heterocycles. The number of piperidine rings is 1. The average molecular weight is 549 g/mol. The monoisotopic (exact) mass is 548 g/mol. The number of hydrogen-bond donors (Lipinski definition) is 1. The smallest absolute Gasteiger partial charge is 0.395 e. The van der Waals surface area contributed by atoms with Crippen molar-refractivity contribution in [2.75, 3.05) is 39.4 Å². The number of benzene rings is 2. The molecular weight excluding hydrogens is 512 g/mol. The molecule has 39 heavy (non-hydrogen) atoms. The van der Waals surface area contributed by atoms with Crippen molar-refractivity contribution >= 4 is 5.91 Å². The third-order valence-electron chi connectivity index (χ3n) is 8.87. The first-order chi connectivity index (χ1) is 18.7. The van der Waals surface area contributed by atoms with Gasteiger partial charge in [0.25, 0.3) is 5.91 Å². The van der Waals surface area contributed by atoms with Gasteiger partial charge in [-0.3, -0.25) is 4.79 Å². The number of hydrogen-bond acceptors (Lipinski definition) is 4. The highest BCUT2D eigenvalue weighted by molar-refractivity contribution is 5.95. The van der Waals surface area contributed by atoms with Crippen LogP contribution < -0.4 is 4.74 Å². The van der Waals surface area contributed by atoms with E-state index in [0.29, 0.717) is 49.9 Å². The van der Waals surface area contributed by atoms with Gasteiger partial charge in [0, 0.05) is 13.1 Å². The third kappa shape index (κ3) is 5.94. The van der Waals surface area contributed by atoms with Crippen molar-refractivity contribution in [2.45, 2.75) is 57.2 Å². The molecule has 2 saturated heterocycles. The lowest BCUT2D eigenvalue weighted by atomic mass is 9.67. The van der Waals surface area contributed by atoms with Crippen LogP contribution >= 0.6 is 0 Å². The summed E-state index contributed by atoms with van der Waals surface area (Å²) in [5, 5.41) is 9.48. The zero-order valence-electron chi connectivity index (χ0n) is 22.1. The average Bonchev–Trinajstić information content (AvgIpc) is 3.38. The van der Waals surface area contributed by atoms with E-state index < -0.39 is 23.3 Å². The number of nitrogens with zero attached hydrogens (tertiary/aromatic N) is 2. The summed E-state index contributed by atoms with van der Waals surface area (Å²) in [5.41, 5.74) is -0.0663. The van der Waals surface area contributed by atoms with E-state index in [1.807, 2.05) is 29.2 Å².